The van der Waals surface area contributed by atoms with Gasteiger partial charge in [0.25, 0.3) is 5.91 Å². The maximum atomic E-state index is 13.2. The minimum Gasteiger partial charge on any atom is -0.321 e. The Hall–Kier alpha value is -2.86. The molecule has 0 radical (unpaired) electrons. The van der Waals surface area contributed by atoms with E-state index >= 15 is 0 Å². The summed E-state index contributed by atoms with van der Waals surface area (Å²) in [6.07, 6.45) is 4.50. The summed E-state index contributed by atoms with van der Waals surface area (Å²) in [4.78, 5) is 20.8. The van der Waals surface area contributed by atoms with E-state index in [4.69, 9.17) is 11.6 Å². The van der Waals surface area contributed by atoms with Crippen LogP contribution in [0.15, 0.2) is 64.8 Å². The predicted molar refractivity (Wildman–Crippen MR) is 145 cm³/mol. The van der Waals surface area contributed by atoms with Gasteiger partial charge in [-0.3, -0.25) is 4.79 Å². The highest BCUT2D eigenvalue weighted by Gasteiger charge is 2.32. The topological polar surface area (TPSA) is 126 Å². The van der Waals surface area contributed by atoms with Gasteiger partial charge >= 0.3 is 0 Å². The minimum atomic E-state index is -3.95. The van der Waals surface area contributed by atoms with Crippen LogP contribution in [0.5, 0.6) is 0 Å². The average molecular weight is 577 g/mol. The van der Waals surface area contributed by atoms with E-state index in [9.17, 15) is 21.6 Å². The van der Waals surface area contributed by atoms with Crippen molar-refractivity contribution in [1.29, 1.82) is 0 Å². The fourth-order valence-electron chi connectivity index (χ4n) is 4.48. The van der Waals surface area contributed by atoms with Crippen molar-refractivity contribution in [2.45, 2.75) is 61.4 Å². The fourth-order valence-corrected chi connectivity index (χ4v) is 7.62. The van der Waals surface area contributed by atoms with Crippen LogP contribution in [0.25, 0.3) is 0 Å². The third kappa shape index (κ3) is 6.23. The molecule has 1 amide bonds. The highest BCUT2D eigenvalue weighted by atomic mass is 35.5. The largest absolute Gasteiger partial charge is 0.321 e. The molecule has 3 aromatic rings. The van der Waals surface area contributed by atoms with Crippen LogP contribution in [0.4, 0.5) is 5.69 Å². The number of rotatable bonds is 8. The molecule has 0 spiro atoms. The van der Waals surface area contributed by atoms with Gasteiger partial charge < -0.3 is 5.32 Å². The number of sulfone groups is 1. The minimum absolute atomic E-state index is 0.0237. The van der Waals surface area contributed by atoms with Crippen LogP contribution in [-0.2, 0) is 25.6 Å². The molecule has 2 aromatic carbocycles. The summed E-state index contributed by atoms with van der Waals surface area (Å²) >= 11 is 6.12. The molecule has 1 unspecified atom stereocenters. The number of carbonyl (C=O) groups is 1. The van der Waals surface area contributed by atoms with Gasteiger partial charge in [0.1, 0.15) is 0 Å². The van der Waals surface area contributed by atoms with E-state index in [1.54, 1.807) is 22.5 Å². The summed E-state index contributed by atoms with van der Waals surface area (Å²) in [5.41, 5.74) is 1.48. The molecule has 1 N–H and O–H groups in total. The zero-order chi connectivity index (χ0) is 27.5. The van der Waals surface area contributed by atoms with E-state index in [-0.39, 0.29) is 27.4 Å². The molecule has 0 bridgehead atoms. The van der Waals surface area contributed by atoms with Crippen molar-refractivity contribution in [1.82, 2.24) is 14.3 Å². The van der Waals surface area contributed by atoms with Crippen LogP contribution < -0.4 is 5.32 Å². The van der Waals surface area contributed by atoms with Gasteiger partial charge in [0, 0.05) is 18.3 Å². The number of benzene rings is 2. The molecule has 9 nitrogen and oxygen atoms in total. The van der Waals surface area contributed by atoms with Crippen LogP contribution >= 0.6 is 11.6 Å². The van der Waals surface area contributed by atoms with Gasteiger partial charge in [-0.05, 0) is 56.0 Å². The Balaban J connectivity index is 1.51. The summed E-state index contributed by atoms with van der Waals surface area (Å²) in [6.45, 7) is 4.32. The number of aryl methyl sites for hydroxylation is 1. The molecule has 1 fully saturated rings. The molecule has 1 aromatic heterocycles. The number of aromatic nitrogens is 2. The Bertz CT molecular complexity index is 1540. The molecular formula is C26H29ClN4O5S2. The second kappa shape index (κ2) is 11.5. The molecule has 1 aliphatic heterocycles. The lowest BCUT2D eigenvalue weighted by molar-refractivity contribution is 0.102. The number of amides is 1. The van der Waals surface area contributed by atoms with E-state index < -0.39 is 30.9 Å². The Morgan fingerprint density at radius 1 is 1.11 bits per heavy atom. The van der Waals surface area contributed by atoms with Crippen molar-refractivity contribution in [3.05, 3.63) is 76.6 Å². The van der Waals surface area contributed by atoms with Crippen LogP contribution in [0.3, 0.4) is 0 Å². The summed E-state index contributed by atoms with van der Waals surface area (Å²) in [6, 6.07) is 12.8. The first kappa shape index (κ1) is 28.2. The zero-order valence-corrected chi connectivity index (χ0v) is 23.5. The average Bonchev–Trinajstić information content (AvgIpc) is 2.88. The molecule has 38 heavy (non-hydrogen) atoms. The smallest absolute Gasteiger partial charge is 0.275 e. The van der Waals surface area contributed by atoms with Gasteiger partial charge in [-0.15, -0.1) is 0 Å². The second-order valence-electron chi connectivity index (χ2n) is 9.25. The maximum Gasteiger partial charge on any atom is 0.275 e. The van der Waals surface area contributed by atoms with Gasteiger partial charge in [-0.2, -0.15) is 4.31 Å². The first-order valence-electron chi connectivity index (χ1n) is 12.3. The van der Waals surface area contributed by atoms with Gasteiger partial charge in [0.05, 0.1) is 21.9 Å². The van der Waals surface area contributed by atoms with Crippen LogP contribution in [0.2, 0.25) is 5.02 Å². The molecule has 202 valence electrons. The van der Waals surface area contributed by atoms with Crippen molar-refractivity contribution >= 4 is 43.1 Å². The number of hydrogen-bond acceptors (Lipinski definition) is 7. The van der Waals surface area contributed by atoms with Gasteiger partial charge in [0.15, 0.2) is 5.69 Å². The number of sulfonamides is 1. The molecule has 1 aliphatic rings. The molecule has 0 aliphatic carbocycles. The van der Waals surface area contributed by atoms with Crippen molar-refractivity contribution in [3.8, 4) is 0 Å². The van der Waals surface area contributed by atoms with Crippen LogP contribution in [0, 0.1) is 6.92 Å². The van der Waals surface area contributed by atoms with Crippen molar-refractivity contribution in [2.24, 2.45) is 0 Å². The Morgan fingerprint density at radius 2 is 1.84 bits per heavy atom. The second-order valence-corrected chi connectivity index (χ2v) is 13.4. The number of nitrogens with zero attached hydrogens (tertiary/aromatic N) is 3. The zero-order valence-electron chi connectivity index (χ0n) is 21.1. The van der Waals surface area contributed by atoms with Crippen molar-refractivity contribution in [2.75, 3.05) is 11.9 Å². The fraction of sp³-hybridized carbons (Fsp3) is 0.346. The number of halogens is 1. The maximum absolute atomic E-state index is 13.2. The summed E-state index contributed by atoms with van der Waals surface area (Å²) in [5, 5.41) is 1.97. The Morgan fingerprint density at radius 3 is 2.53 bits per heavy atom. The SMILES string of the molecule is CCC1CCCCN1S(=O)(=O)c1ccc(NC(=O)c2nc(S(=O)(=O)Cc3cccc(C)c3)ncc2Cl)cc1. The predicted octanol–water partition coefficient (Wildman–Crippen LogP) is 4.62. The van der Waals surface area contributed by atoms with Gasteiger partial charge in [0.2, 0.25) is 25.0 Å². The monoisotopic (exact) mass is 576 g/mol. The standard InChI is InChI=1S/C26H29ClN4O5S2/c1-3-21-9-4-5-14-31(21)38(35,36)22-12-10-20(11-13-22)29-25(32)24-23(27)16-28-26(30-24)37(33,34)17-19-8-6-7-18(2)15-19/h6-8,10-13,15-16,21H,3-5,9,14,17H2,1-2H3,(H,29,32). The Kier molecular flexibility index (Phi) is 8.51. The van der Waals surface area contributed by atoms with E-state index in [2.05, 4.69) is 15.3 Å². The van der Waals surface area contributed by atoms with E-state index in [1.165, 1.54) is 24.3 Å². The Labute approximate surface area is 228 Å². The van der Waals surface area contributed by atoms with E-state index in [0.29, 0.717) is 17.8 Å². The normalized spacial score (nSPS) is 16.8. The molecular weight excluding hydrogens is 548 g/mol. The number of nitrogens with one attached hydrogen (secondary N) is 1. The quantitative estimate of drug-likeness (QED) is 0.388. The number of hydrogen-bond donors (Lipinski definition) is 1. The highest BCUT2D eigenvalue weighted by Crippen LogP contribution is 2.28. The highest BCUT2D eigenvalue weighted by molar-refractivity contribution is 7.90. The molecule has 0 saturated carbocycles. The summed E-state index contributed by atoms with van der Waals surface area (Å²) < 4.78 is 53.7. The number of piperidine rings is 1. The first-order chi connectivity index (χ1) is 18.0. The number of anilines is 1. The van der Waals surface area contributed by atoms with Crippen LogP contribution in [0.1, 0.15) is 54.2 Å². The lowest BCUT2D eigenvalue weighted by Gasteiger charge is -2.34. The van der Waals surface area contributed by atoms with E-state index in [0.717, 1.165) is 37.4 Å². The first-order valence-corrected chi connectivity index (χ1v) is 15.7. The summed E-state index contributed by atoms with van der Waals surface area (Å²) in [5.74, 6) is -1.08. The lowest BCUT2D eigenvalue weighted by atomic mass is 10.0. The van der Waals surface area contributed by atoms with Crippen LogP contribution in [-0.4, -0.2) is 49.6 Å². The molecule has 4 rings (SSSR count). The molecule has 12 heteroatoms. The number of carbonyl (C=O) groups excluding carboxylic acids is 1. The third-order valence-electron chi connectivity index (χ3n) is 6.42. The van der Waals surface area contributed by atoms with Crippen molar-refractivity contribution in [3.63, 3.8) is 0 Å². The van der Waals surface area contributed by atoms with Gasteiger partial charge in [-0.25, -0.2) is 26.8 Å². The summed E-state index contributed by atoms with van der Waals surface area (Å²) in [7, 11) is -7.61. The van der Waals surface area contributed by atoms with Gasteiger partial charge in [-0.1, -0.05) is 54.8 Å². The van der Waals surface area contributed by atoms with E-state index in [1.807, 2.05) is 19.9 Å². The molecule has 1 atom stereocenters. The molecule has 1 saturated heterocycles. The molecule has 2 heterocycles. The lowest BCUT2D eigenvalue weighted by Crippen LogP contribution is -2.43. The van der Waals surface area contributed by atoms with Crippen molar-refractivity contribution < 1.29 is 21.6 Å². The third-order valence-corrected chi connectivity index (χ3v) is 10.1.